The first kappa shape index (κ1) is 12.7. The smallest absolute Gasteiger partial charge is 0.293 e. The number of anilines is 1. The molecule has 19 heavy (non-hydrogen) atoms. The van der Waals surface area contributed by atoms with Crippen LogP contribution in [0.3, 0.4) is 0 Å². The van der Waals surface area contributed by atoms with Gasteiger partial charge in [-0.2, -0.15) is 0 Å². The van der Waals surface area contributed by atoms with E-state index in [4.69, 9.17) is 0 Å². The average molecular weight is 262 g/mol. The molecule has 0 amide bonds. The minimum absolute atomic E-state index is 0.0273. The van der Waals surface area contributed by atoms with Crippen molar-refractivity contribution in [3.8, 4) is 0 Å². The molecule has 1 aromatic rings. The summed E-state index contributed by atoms with van der Waals surface area (Å²) in [5.41, 5.74) is 0.0273. The fourth-order valence-electron chi connectivity index (χ4n) is 2.54. The van der Waals surface area contributed by atoms with Crippen LogP contribution >= 0.6 is 0 Å². The van der Waals surface area contributed by atoms with E-state index in [-0.39, 0.29) is 5.56 Å². The summed E-state index contributed by atoms with van der Waals surface area (Å²) < 4.78 is 1.81. The Hall–Kier alpha value is -1.36. The maximum absolute atomic E-state index is 12.2. The molecule has 104 valence electrons. The quantitative estimate of drug-likeness (QED) is 0.808. The van der Waals surface area contributed by atoms with Gasteiger partial charge in [-0.15, -0.1) is 0 Å². The third-order valence-corrected chi connectivity index (χ3v) is 3.97. The summed E-state index contributed by atoms with van der Waals surface area (Å²) in [6.45, 7) is 5.06. The van der Waals surface area contributed by atoms with Gasteiger partial charge >= 0.3 is 0 Å². The molecule has 2 aliphatic carbocycles. The molecule has 2 saturated carbocycles. The molecule has 0 saturated heterocycles. The van der Waals surface area contributed by atoms with Gasteiger partial charge in [0.2, 0.25) is 0 Å². The standard InChI is InChI=1S/C14H22N4O/c1-2-17(11-3-4-11)9-7-15-13-14(19)18(10-8-16-13)12-5-6-12/h8,10-12H,2-7,9H2,1H3,(H,15,16). The minimum atomic E-state index is 0.0273. The zero-order valence-electron chi connectivity index (χ0n) is 11.5. The highest BCUT2D eigenvalue weighted by Crippen LogP contribution is 2.33. The van der Waals surface area contributed by atoms with Crippen molar-refractivity contribution in [3.63, 3.8) is 0 Å². The number of likely N-dealkylation sites (N-methyl/N-ethyl adjacent to an activating group) is 1. The van der Waals surface area contributed by atoms with Gasteiger partial charge in [-0.05, 0) is 32.2 Å². The number of aromatic nitrogens is 2. The molecule has 5 nitrogen and oxygen atoms in total. The Labute approximate surface area is 113 Å². The Kier molecular flexibility index (Phi) is 3.55. The van der Waals surface area contributed by atoms with Gasteiger partial charge in [0, 0.05) is 37.6 Å². The predicted molar refractivity (Wildman–Crippen MR) is 75.5 cm³/mol. The first-order chi connectivity index (χ1) is 9.29. The second-order valence-electron chi connectivity index (χ2n) is 5.51. The topological polar surface area (TPSA) is 50.2 Å². The molecule has 0 aromatic carbocycles. The Morgan fingerprint density at radius 3 is 2.84 bits per heavy atom. The van der Waals surface area contributed by atoms with Gasteiger partial charge in [-0.25, -0.2) is 4.98 Å². The van der Waals surface area contributed by atoms with Crippen LogP contribution in [0.25, 0.3) is 0 Å². The van der Waals surface area contributed by atoms with Crippen LogP contribution in [0.5, 0.6) is 0 Å². The van der Waals surface area contributed by atoms with E-state index < -0.39 is 0 Å². The Bertz CT molecular complexity index is 490. The fourth-order valence-corrected chi connectivity index (χ4v) is 2.54. The molecule has 3 rings (SSSR count). The van der Waals surface area contributed by atoms with Crippen LogP contribution in [0.15, 0.2) is 17.2 Å². The highest BCUT2D eigenvalue weighted by molar-refractivity contribution is 5.31. The van der Waals surface area contributed by atoms with Crippen LogP contribution < -0.4 is 10.9 Å². The minimum Gasteiger partial charge on any atom is -0.364 e. The first-order valence-electron chi connectivity index (χ1n) is 7.34. The molecule has 5 heteroatoms. The first-order valence-corrected chi connectivity index (χ1v) is 7.34. The van der Waals surface area contributed by atoms with E-state index in [1.165, 1.54) is 12.8 Å². The molecular weight excluding hydrogens is 240 g/mol. The third kappa shape index (κ3) is 2.97. The Balaban J connectivity index is 1.57. The lowest BCUT2D eigenvalue weighted by atomic mass is 10.4. The Morgan fingerprint density at radius 1 is 1.42 bits per heavy atom. The highest BCUT2D eigenvalue weighted by Gasteiger charge is 2.27. The molecule has 0 atom stereocenters. The van der Waals surface area contributed by atoms with E-state index in [9.17, 15) is 4.79 Å². The van der Waals surface area contributed by atoms with Gasteiger partial charge in [0.1, 0.15) is 0 Å². The van der Waals surface area contributed by atoms with Crippen molar-refractivity contribution < 1.29 is 0 Å². The second-order valence-corrected chi connectivity index (χ2v) is 5.51. The molecule has 0 bridgehead atoms. The van der Waals surface area contributed by atoms with Crippen molar-refractivity contribution >= 4 is 5.82 Å². The zero-order valence-corrected chi connectivity index (χ0v) is 11.5. The average Bonchev–Trinajstić information content (AvgIpc) is 3.29. The maximum Gasteiger partial charge on any atom is 0.293 e. The van der Waals surface area contributed by atoms with Crippen molar-refractivity contribution in [2.24, 2.45) is 0 Å². The monoisotopic (exact) mass is 262 g/mol. The van der Waals surface area contributed by atoms with Crippen LogP contribution in [0.2, 0.25) is 0 Å². The summed E-state index contributed by atoms with van der Waals surface area (Å²) in [7, 11) is 0. The van der Waals surface area contributed by atoms with Crippen molar-refractivity contribution in [2.75, 3.05) is 25.0 Å². The van der Waals surface area contributed by atoms with Gasteiger partial charge in [0.15, 0.2) is 5.82 Å². The fraction of sp³-hybridized carbons (Fsp3) is 0.714. The summed E-state index contributed by atoms with van der Waals surface area (Å²) in [5.74, 6) is 0.501. The molecule has 0 aliphatic heterocycles. The molecule has 2 aliphatic rings. The lowest BCUT2D eigenvalue weighted by Crippen LogP contribution is -2.32. The SMILES string of the molecule is CCN(CCNc1nccn(C2CC2)c1=O)C1CC1. The van der Waals surface area contributed by atoms with Gasteiger partial charge < -0.3 is 9.88 Å². The largest absolute Gasteiger partial charge is 0.364 e. The summed E-state index contributed by atoms with van der Waals surface area (Å²) in [6.07, 6.45) is 8.41. The van der Waals surface area contributed by atoms with Gasteiger partial charge in [-0.1, -0.05) is 6.92 Å². The van der Waals surface area contributed by atoms with E-state index >= 15 is 0 Å². The summed E-state index contributed by atoms with van der Waals surface area (Å²) in [4.78, 5) is 18.8. The number of nitrogens with one attached hydrogen (secondary N) is 1. The molecule has 0 unspecified atom stereocenters. The van der Waals surface area contributed by atoms with Crippen LogP contribution in [-0.4, -0.2) is 40.1 Å². The molecule has 1 aromatic heterocycles. The van der Waals surface area contributed by atoms with E-state index in [2.05, 4.69) is 22.1 Å². The molecule has 2 fully saturated rings. The van der Waals surface area contributed by atoms with Gasteiger partial charge in [0.25, 0.3) is 5.56 Å². The van der Waals surface area contributed by atoms with E-state index in [1.807, 2.05) is 4.57 Å². The van der Waals surface area contributed by atoms with Crippen molar-refractivity contribution in [3.05, 3.63) is 22.7 Å². The van der Waals surface area contributed by atoms with E-state index in [1.54, 1.807) is 12.4 Å². The Morgan fingerprint density at radius 2 is 2.21 bits per heavy atom. The molecule has 0 radical (unpaired) electrons. The lowest BCUT2D eigenvalue weighted by molar-refractivity contribution is 0.289. The summed E-state index contributed by atoms with van der Waals surface area (Å²) in [6, 6.07) is 1.19. The second kappa shape index (κ2) is 5.33. The normalized spacial score (nSPS) is 18.8. The number of nitrogens with zero attached hydrogens (tertiary/aromatic N) is 3. The van der Waals surface area contributed by atoms with Crippen LogP contribution in [0, 0.1) is 0 Å². The molecule has 1 N–H and O–H groups in total. The molecule has 0 spiro atoms. The maximum atomic E-state index is 12.2. The summed E-state index contributed by atoms with van der Waals surface area (Å²) in [5, 5.41) is 3.20. The van der Waals surface area contributed by atoms with Crippen molar-refractivity contribution in [1.82, 2.24) is 14.5 Å². The van der Waals surface area contributed by atoms with Crippen LogP contribution in [0.1, 0.15) is 38.6 Å². The van der Waals surface area contributed by atoms with Crippen LogP contribution in [-0.2, 0) is 0 Å². The van der Waals surface area contributed by atoms with Gasteiger partial charge in [-0.3, -0.25) is 9.69 Å². The van der Waals surface area contributed by atoms with Crippen LogP contribution in [0.4, 0.5) is 5.82 Å². The van der Waals surface area contributed by atoms with Crippen molar-refractivity contribution in [1.29, 1.82) is 0 Å². The highest BCUT2D eigenvalue weighted by atomic mass is 16.1. The molecular formula is C14H22N4O. The lowest BCUT2D eigenvalue weighted by Gasteiger charge is -2.19. The number of hydrogen-bond donors (Lipinski definition) is 1. The van der Waals surface area contributed by atoms with Crippen molar-refractivity contribution in [2.45, 2.75) is 44.7 Å². The summed E-state index contributed by atoms with van der Waals surface area (Å²) >= 11 is 0. The number of hydrogen-bond acceptors (Lipinski definition) is 4. The van der Waals surface area contributed by atoms with E-state index in [0.717, 1.165) is 38.5 Å². The predicted octanol–water partition coefficient (Wildman–Crippen LogP) is 1.47. The third-order valence-electron chi connectivity index (χ3n) is 3.97. The van der Waals surface area contributed by atoms with E-state index in [0.29, 0.717) is 11.9 Å². The number of rotatable bonds is 7. The molecule has 1 heterocycles. The van der Waals surface area contributed by atoms with Gasteiger partial charge in [0.05, 0.1) is 0 Å². The zero-order chi connectivity index (χ0) is 13.2.